The van der Waals surface area contributed by atoms with Crippen molar-refractivity contribution in [2.45, 2.75) is 19.8 Å². The standard InChI is InChI=1S/C19H19ClN2O3/c1-12-10-15(17(25-2)11-14(12)20)21-18(23)19(24)22-9-5-7-13-6-3-4-8-16(13)22/h3-4,6,8,10-11H,5,7,9H2,1-2H3,(H,21,23). The van der Waals surface area contributed by atoms with Gasteiger partial charge in [-0.05, 0) is 43.0 Å². The van der Waals surface area contributed by atoms with Gasteiger partial charge in [0.2, 0.25) is 0 Å². The van der Waals surface area contributed by atoms with Crippen molar-refractivity contribution in [3.05, 3.63) is 52.5 Å². The molecule has 2 amide bonds. The van der Waals surface area contributed by atoms with Crippen LogP contribution in [-0.4, -0.2) is 25.5 Å². The van der Waals surface area contributed by atoms with Gasteiger partial charge in [0.15, 0.2) is 0 Å². The molecule has 0 bridgehead atoms. The fourth-order valence-corrected chi connectivity index (χ4v) is 3.13. The van der Waals surface area contributed by atoms with Gasteiger partial charge < -0.3 is 15.0 Å². The number of rotatable bonds is 2. The van der Waals surface area contributed by atoms with Crippen molar-refractivity contribution >= 4 is 34.8 Å². The fourth-order valence-electron chi connectivity index (χ4n) is 2.97. The van der Waals surface area contributed by atoms with Crippen molar-refractivity contribution < 1.29 is 14.3 Å². The molecule has 2 aromatic rings. The Hall–Kier alpha value is -2.53. The molecule has 0 unspecified atom stereocenters. The number of anilines is 2. The van der Waals surface area contributed by atoms with Crippen molar-refractivity contribution in [1.82, 2.24) is 0 Å². The van der Waals surface area contributed by atoms with Gasteiger partial charge in [-0.3, -0.25) is 9.59 Å². The summed E-state index contributed by atoms with van der Waals surface area (Å²) in [4.78, 5) is 26.7. The maximum absolute atomic E-state index is 12.7. The highest BCUT2D eigenvalue weighted by Crippen LogP contribution is 2.31. The summed E-state index contributed by atoms with van der Waals surface area (Å²) in [5, 5.41) is 3.18. The van der Waals surface area contributed by atoms with Crippen LogP contribution in [-0.2, 0) is 16.0 Å². The lowest BCUT2D eigenvalue weighted by molar-refractivity contribution is -0.134. The van der Waals surface area contributed by atoms with Gasteiger partial charge in [-0.2, -0.15) is 0 Å². The molecule has 0 atom stereocenters. The van der Waals surface area contributed by atoms with Crippen LogP contribution in [0.5, 0.6) is 5.75 Å². The van der Waals surface area contributed by atoms with Gasteiger partial charge in [0.25, 0.3) is 0 Å². The number of carbonyl (C=O) groups excluding carboxylic acids is 2. The van der Waals surface area contributed by atoms with E-state index in [1.165, 1.54) is 12.0 Å². The molecule has 0 spiro atoms. The van der Waals surface area contributed by atoms with E-state index in [4.69, 9.17) is 16.3 Å². The number of nitrogens with one attached hydrogen (secondary N) is 1. The Bertz CT molecular complexity index is 835. The van der Waals surface area contributed by atoms with Crippen molar-refractivity contribution in [2.24, 2.45) is 0 Å². The Morgan fingerprint density at radius 1 is 1.24 bits per heavy atom. The molecule has 0 saturated carbocycles. The summed E-state index contributed by atoms with van der Waals surface area (Å²) >= 11 is 6.07. The van der Waals surface area contributed by atoms with Gasteiger partial charge in [-0.15, -0.1) is 0 Å². The highest BCUT2D eigenvalue weighted by Gasteiger charge is 2.27. The summed E-state index contributed by atoms with van der Waals surface area (Å²) in [5.74, 6) is -0.866. The molecule has 25 heavy (non-hydrogen) atoms. The number of aryl methyl sites for hydroxylation is 2. The SMILES string of the molecule is COc1cc(Cl)c(C)cc1NC(=O)C(=O)N1CCCc2ccccc21. The van der Waals surface area contributed by atoms with Gasteiger partial charge >= 0.3 is 11.8 Å². The maximum Gasteiger partial charge on any atom is 0.316 e. The first-order valence-corrected chi connectivity index (χ1v) is 8.44. The predicted molar refractivity (Wildman–Crippen MR) is 98.5 cm³/mol. The Balaban J connectivity index is 1.83. The molecule has 0 saturated heterocycles. The Labute approximate surface area is 151 Å². The lowest BCUT2D eigenvalue weighted by atomic mass is 10.0. The summed E-state index contributed by atoms with van der Waals surface area (Å²) in [7, 11) is 1.49. The van der Waals surface area contributed by atoms with Crippen molar-refractivity contribution in [2.75, 3.05) is 23.9 Å². The highest BCUT2D eigenvalue weighted by atomic mass is 35.5. The number of hydrogen-bond acceptors (Lipinski definition) is 3. The topological polar surface area (TPSA) is 58.6 Å². The van der Waals surface area contributed by atoms with Gasteiger partial charge in [0, 0.05) is 23.3 Å². The lowest BCUT2D eigenvalue weighted by Gasteiger charge is -2.28. The molecule has 0 aromatic heterocycles. The number of nitrogens with zero attached hydrogens (tertiary/aromatic N) is 1. The van der Waals surface area contributed by atoms with E-state index in [0.29, 0.717) is 23.0 Å². The fraction of sp³-hybridized carbons (Fsp3) is 0.263. The van der Waals surface area contributed by atoms with Gasteiger partial charge in [-0.1, -0.05) is 29.8 Å². The Kier molecular flexibility index (Phi) is 4.95. The summed E-state index contributed by atoms with van der Waals surface area (Å²) in [6, 6.07) is 11.0. The number of carbonyl (C=O) groups is 2. The Morgan fingerprint density at radius 3 is 2.76 bits per heavy atom. The average molecular weight is 359 g/mol. The van der Waals surface area contributed by atoms with Gasteiger partial charge in [0.1, 0.15) is 5.75 Å². The minimum atomic E-state index is -0.697. The van der Waals surface area contributed by atoms with Crippen LogP contribution in [0.15, 0.2) is 36.4 Å². The lowest BCUT2D eigenvalue weighted by Crippen LogP contribution is -2.42. The first-order valence-electron chi connectivity index (χ1n) is 8.06. The van der Waals surface area contributed by atoms with Crippen LogP contribution < -0.4 is 15.0 Å². The molecule has 1 N–H and O–H groups in total. The number of benzene rings is 2. The van der Waals surface area contributed by atoms with Crippen molar-refractivity contribution in [1.29, 1.82) is 0 Å². The van der Waals surface area contributed by atoms with Crippen LogP contribution in [0.2, 0.25) is 5.02 Å². The molecule has 0 aliphatic carbocycles. The van der Waals surface area contributed by atoms with E-state index in [9.17, 15) is 9.59 Å². The molecule has 1 heterocycles. The molecule has 0 fully saturated rings. The van der Waals surface area contributed by atoms with E-state index >= 15 is 0 Å². The third-order valence-corrected chi connectivity index (χ3v) is 4.69. The number of ether oxygens (including phenoxy) is 1. The predicted octanol–water partition coefficient (Wildman–Crippen LogP) is 3.57. The molecule has 3 rings (SSSR count). The molecule has 1 aliphatic heterocycles. The molecule has 0 radical (unpaired) electrons. The monoisotopic (exact) mass is 358 g/mol. The largest absolute Gasteiger partial charge is 0.495 e. The van der Waals surface area contributed by atoms with Crippen molar-refractivity contribution in [3.8, 4) is 5.75 Å². The molecule has 1 aliphatic rings. The zero-order valence-corrected chi connectivity index (χ0v) is 14.9. The molecule has 130 valence electrons. The summed E-state index contributed by atoms with van der Waals surface area (Å²) < 4.78 is 5.24. The average Bonchev–Trinajstić information content (AvgIpc) is 2.63. The minimum Gasteiger partial charge on any atom is -0.495 e. The van der Waals surface area contributed by atoms with E-state index in [-0.39, 0.29) is 0 Å². The van der Waals surface area contributed by atoms with Crippen LogP contribution in [0.4, 0.5) is 11.4 Å². The molecule has 5 nitrogen and oxygen atoms in total. The number of fused-ring (bicyclic) bond motifs is 1. The smallest absolute Gasteiger partial charge is 0.316 e. The summed E-state index contributed by atoms with van der Waals surface area (Å²) in [6.45, 7) is 2.35. The number of para-hydroxylation sites is 1. The summed E-state index contributed by atoms with van der Waals surface area (Å²) in [6.07, 6.45) is 1.74. The third kappa shape index (κ3) is 3.46. The molecule has 6 heteroatoms. The molecular formula is C19H19ClN2O3. The maximum atomic E-state index is 12.7. The second kappa shape index (κ2) is 7.15. The van der Waals surface area contributed by atoms with E-state index < -0.39 is 11.8 Å². The van der Waals surface area contributed by atoms with Crippen LogP contribution in [0, 0.1) is 6.92 Å². The quantitative estimate of drug-likeness (QED) is 0.835. The highest BCUT2D eigenvalue weighted by molar-refractivity contribution is 6.44. The van der Waals surface area contributed by atoms with E-state index in [0.717, 1.165) is 29.7 Å². The van der Waals surface area contributed by atoms with E-state index in [1.54, 1.807) is 12.1 Å². The zero-order valence-electron chi connectivity index (χ0n) is 14.1. The van der Waals surface area contributed by atoms with Gasteiger partial charge in [0.05, 0.1) is 12.8 Å². The van der Waals surface area contributed by atoms with Crippen LogP contribution in [0.25, 0.3) is 0 Å². The summed E-state index contributed by atoms with van der Waals surface area (Å²) in [5.41, 5.74) is 3.09. The zero-order chi connectivity index (χ0) is 18.0. The van der Waals surface area contributed by atoms with E-state index in [1.807, 2.05) is 31.2 Å². The van der Waals surface area contributed by atoms with E-state index in [2.05, 4.69) is 5.32 Å². The van der Waals surface area contributed by atoms with Gasteiger partial charge in [-0.25, -0.2) is 0 Å². The number of halogens is 1. The minimum absolute atomic E-state index is 0.413. The third-order valence-electron chi connectivity index (χ3n) is 4.28. The van der Waals surface area contributed by atoms with Crippen LogP contribution in [0.1, 0.15) is 17.5 Å². The second-order valence-corrected chi connectivity index (χ2v) is 6.35. The first kappa shape index (κ1) is 17.3. The normalized spacial score (nSPS) is 13.2. The Morgan fingerprint density at radius 2 is 2.00 bits per heavy atom. The number of methoxy groups -OCH3 is 1. The first-order chi connectivity index (χ1) is 12.0. The number of hydrogen-bond donors (Lipinski definition) is 1. The van der Waals surface area contributed by atoms with Crippen LogP contribution >= 0.6 is 11.6 Å². The van der Waals surface area contributed by atoms with Crippen molar-refractivity contribution in [3.63, 3.8) is 0 Å². The number of amides is 2. The second-order valence-electron chi connectivity index (χ2n) is 5.94. The molecular weight excluding hydrogens is 340 g/mol. The molecule has 2 aromatic carbocycles. The van der Waals surface area contributed by atoms with Crippen LogP contribution in [0.3, 0.4) is 0 Å².